The largest absolute Gasteiger partial charge is 0.508 e. The van der Waals surface area contributed by atoms with Crippen LogP contribution in [0.25, 0.3) is 22.0 Å². The predicted molar refractivity (Wildman–Crippen MR) is 208 cm³/mol. The minimum absolute atomic E-state index is 0.00199. The van der Waals surface area contributed by atoms with Gasteiger partial charge in [-0.15, -0.1) is 0 Å². The van der Waals surface area contributed by atoms with Crippen molar-refractivity contribution in [3.05, 3.63) is 64.4 Å². The van der Waals surface area contributed by atoms with Crippen molar-refractivity contribution < 1.29 is 79.6 Å². The van der Waals surface area contributed by atoms with Crippen molar-refractivity contribution in [2.24, 2.45) is 0 Å². The molecule has 1 saturated heterocycles. The Labute approximate surface area is 345 Å². The van der Waals surface area contributed by atoms with Crippen LogP contribution in [0.15, 0.2) is 53.3 Å². The SMILES string of the molecule is COCCOCCOCCOCCOCCOCCOCCOCCOCCOC(=O)OC[C@@H]1CN(c2ccc3cc(-c4ccccc4C(F)(F)F)[nH]c(=O)c3c2)C(=O)O1. The molecule has 1 amide bonds. The molecule has 4 rings (SSSR count). The maximum absolute atomic E-state index is 13.6. The molecule has 1 atom stereocenters. The van der Waals surface area contributed by atoms with Gasteiger partial charge in [0.2, 0.25) is 0 Å². The number of halogens is 3. The van der Waals surface area contributed by atoms with Gasteiger partial charge in [0.1, 0.15) is 13.2 Å². The second kappa shape index (κ2) is 27.5. The van der Waals surface area contributed by atoms with Crippen molar-refractivity contribution >= 4 is 28.7 Å². The number of rotatable bonds is 31. The lowest BCUT2D eigenvalue weighted by Gasteiger charge is -2.15. The van der Waals surface area contributed by atoms with Gasteiger partial charge in [-0.3, -0.25) is 9.69 Å². The van der Waals surface area contributed by atoms with Crippen LogP contribution in [-0.2, 0) is 63.0 Å². The summed E-state index contributed by atoms with van der Waals surface area (Å²) in [6.45, 7) is 6.93. The molecule has 0 bridgehead atoms. The molecule has 20 heteroatoms. The second-order valence-corrected chi connectivity index (χ2v) is 12.7. The highest BCUT2D eigenvalue weighted by atomic mass is 19.4. The fraction of sp³-hybridized carbons (Fsp3) is 0.575. The lowest BCUT2D eigenvalue weighted by Crippen LogP contribution is -2.27. The van der Waals surface area contributed by atoms with E-state index in [1.165, 1.54) is 41.3 Å². The van der Waals surface area contributed by atoms with Crippen molar-refractivity contribution in [1.82, 2.24) is 4.98 Å². The molecular weight excluding hydrogens is 805 g/mol. The topological polar surface area (TPSA) is 181 Å². The van der Waals surface area contributed by atoms with Crippen LogP contribution < -0.4 is 10.5 Å². The minimum atomic E-state index is -4.62. The zero-order valence-electron chi connectivity index (χ0n) is 33.5. The Morgan fingerprint density at radius 2 is 1.18 bits per heavy atom. The van der Waals surface area contributed by atoms with Gasteiger partial charge in [0, 0.05) is 29.4 Å². The number of fused-ring (bicyclic) bond motifs is 1. The van der Waals surface area contributed by atoms with Crippen LogP contribution in [0.2, 0.25) is 0 Å². The van der Waals surface area contributed by atoms with Crippen LogP contribution in [0, 0.1) is 0 Å². The van der Waals surface area contributed by atoms with Gasteiger partial charge in [-0.2, -0.15) is 13.2 Å². The normalized spacial score (nSPS) is 14.2. The average molecular weight is 859 g/mol. The molecule has 1 aromatic heterocycles. The summed E-state index contributed by atoms with van der Waals surface area (Å²) in [7, 11) is 1.63. The van der Waals surface area contributed by atoms with Crippen LogP contribution in [0.3, 0.4) is 0 Å². The summed E-state index contributed by atoms with van der Waals surface area (Å²) >= 11 is 0. The van der Waals surface area contributed by atoms with Gasteiger partial charge in [-0.1, -0.05) is 24.3 Å². The van der Waals surface area contributed by atoms with E-state index in [1.807, 2.05) is 0 Å². The highest BCUT2D eigenvalue weighted by Crippen LogP contribution is 2.37. The quantitative estimate of drug-likeness (QED) is 0.0707. The van der Waals surface area contributed by atoms with E-state index in [0.717, 1.165) is 6.07 Å². The smallest absolute Gasteiger partial charge is 0.440 e. The van der Waals surface area contributed by atoms with Crippen LogP contribution in [0.1, 0.15) is 5.56 Å². The molecule has 0 aliphatic carbocycles. The maximum Gasteiger partial charge on any atom is 0.508 e. The van der Waals surface area contributed by atoms with Gasteiger partial charge in [0.05, 0.1) is 124 Å². The summed E-state index contributed by atoms with van der Waals surface area (Å²) in [5.41, 5.74) is -1.37. The Morgan fingerprint density at radius 3 is 1.70 bits per heavy atom. The Morgan fingerprint density at radius 1 is 0.683 bits per heavy atom. The molecule has 2 heterocycles. The number of anilines is 1. The molecule has 0 spiro atoms. The first kappa shape index (κ1) is 48.3. The van der Waals surface area contributed by atoms with Crippen LogP contribution in [0.5, 0.6) is 0 Å². The van der Waals surface area contributed by atoms with Crippen molar-refractivity contribution in [3.8, 4) is 11.3 Å². The highest BCUT2D eigenvalue weighted by Gasteiger charge is 2.35. The number of pyridine rings is 1. The Bertz CT molecular complexity index is 1760. The van der Waals surface area contributed by atoms with E-state index in [9.17, 15) is 27.6 Å². The van der Waals surface area contributed by atoms with E-state index in [4.69, 9.17) is 56.8 Å². The average Bonchev–Trinajstić information content (AvgIpc) is 3.62. The van der Waals surface area contributed by atoms with Gasteiger partial charge in [-0.05, 0) is 29.7 Å². The number of alkyl halides is 3. The number of ether oxygens (including phenoxy) is 12. The molecule has 0 radical (unpaired) electrons. The lowest BCUT2D eigenvalue weighted by molar-refractivity contribution is -0.137. The number of hydrogen-bond acceptors (Lipinski definition) is 15. The number of H-pyrrole nitrogens is 1. The summed E-state index contributed by atoms with van der Waals surface area (Å²) < 4.78 is 104. The third-order valence-electron chi connectivity index (χ3n) is 8.41. The van der Waals surface area contributed by atoms with Gasteiger partial charge >= 0.3 is 18.4 Å². The number of aromatic amines is 1. The first-order valence-electron chi connectivity index (χ1n) is 19.4. The Balaban J connectivity index is 0.952. The highest BCUT2D eigenvalue weighted by molar-refractivity contribution is 5.94. The Hall–Kier alpha value is -4.38. The van der Waals surface area contributed by atoms with Crippen molar-refractivity contribution in [1.29, 1.82) is 0 Å². The number of nitrogens with zero attached hydrogens (tertiary/aromatic N) is 1. The summed E-state index contributed by atoms with van der Waals surface area (Å²) in [6.07, 6.45) is -7.14. The number of aromatic nitrogens is 1. The summed E-state index contributed by atoms with van der Waals surface area (Å²) in [5, 5.41) is 0.529. The molecule has 1 fully saturated rings. The molecule has 3 aromatic rings. The predicted octanol–water partition coefficient (Wildman–Crippen LogP) is 4.47. The molecular formula is C40H53F3N2O15. The zero-order chi connectivity index (χ0) is 42.8. The number of amides is 1. The number of methoxy groups -OCH3 is 1. The van der Waals surface area contributed by atoms with Crippen molar-refractivity contribution in [2.45, 2.75) is 12.3 Å². The first-order valence-corrected chi connectivity index (χ1v) is 19.4. The third-order valence-corrected chi connectivity index (χ3v) is 8.41. The number of hydrogen-bond donors (Lipinski definition) is 1. The summed E-state index contributed by atoms with van der Waals surface area (Å²) in [4.78, 5) is 41.4. The number of carbonyl (C=O) groups excluding carboxylic acids is 2. The fourth-order valence-corrected chi connectivity index (χ4v) is 5.52. The van der Waals surface area contributed by atoms with Gasteiger partial charge in [-0.25, -0.2) is 9.59 Å². The third kappa shape index (κ3) is 17.7. The van der Waals surface area contributed by atoms with E-state index >= 15 is 0 Å². The number of nitrogens with one attached hydrogen (secondary N) is 1. The molecule has 1 aliphatic heterocycles. The Kier molecular flexibility index (Phi) is 22.1. The lowest BCUT2D eigenvalue weighted by atomic mass is 10.0. The van der Waals surface area contributed by atoms with Crippen molar-refractivity contribution in [2.75, 3.05) is 144 Å². The van der Waals surface area contributed by atoms with E-state index in [2.05, 4.69) is 4.98 Å². The van der Waals surface area contributed by atoms with E-state index in [1.54, 1.807) is 13.2 Å². The molecule has 0 unspecified atom stereocenters. The second-order valence-electron chi connectivity index (χ2n) is 12.7. The molecule has 60 heavy (non-hydrogen) atoms. The van der Waals surface area contributed by atoms with E-state index in [-0.39, 0.29) is 49.6 Å². The standard InChI is InChI=1S/C40H53F3N2O15/c1-49-8-9-50-10-11-51-12-13-52-14-15-53-16-17-54-18-19-55-20-21-56-22-23-57-24-25-58-39(48)59-29-32-28-45(38(47)60-32)31-7-6-30-26-36(44-37(46)34(30)27-31)33-4-2-3-5-35(33)40(41,42)43/h2-7,26-27,32H,8-25,28-29H2,1H3,(H,44,46)/t32-/m0/s1. The fourth-order valence-electron chi connectivity index (χ4n) is 5.52. The van der Waals surface area contributed by atoms with Gasteiger partial charge < -0.3 is 61.8 Å². The monoisotopic (exact) mass is 858 g/mol. The molecule has 17 nitrogen and oxygen atoms in total. The number of carbonyl (C=O) groups is 2. The van der Waals surface area contributed by atoms with Crippen molar-refractivity contribution in [3.63, 3.8) is 0 Å². The molecule has 1 N–H and O–H groups in total. The number of benzene rings is 2. The van der Waals surface area contributed by atoms with Crippen LogP contribution in [0.4, 0.5) is 28.4 Å². The van der Waals surface area contributed by atoms with Gasteiger partial charge in [0.25, 0.3) is 5.56 Å². The summed E-state index contributed by atoms with van der Waals surface area (Å²) in [6, 6.07) is 10.9. The maximum atomic E-state index is 13.6. The first-order chi connectivity index (χ1) is 29.2. The minimum Gasteiger partial charge on any atom is -0.440 e. The van der Waals surface area contributed by atoms with E-state index < -0.39 is 35.7 Å². The zero-order valence-corrected chi connectivity index (χ0v) is 33.5. The number of cyclic esters (lactones) is 1. The molecule has 334 valence electrons. The molecule has 0 saturated carbocycles. The molecule has 2 aromatic carbocycles. The van der Waals surface area contributed by atoms with E-state index in [0.29, 0.717) is 110 Å². The molecule has 1 aliphatic rings. The van der Waals surface area contributed by atoms with Crippen LogP contribution >= 0.6 is 0 Å². The van der Waals surface area contributed by atoms with Crippen LogP contribution in [-0.4, -0.2) is 163 Å². The van der Waals surface area contributed by atoms with Gasteiger partial charge in [0.15, 0.2) is 6.10 Å². The summed E-state index contributed by atoms with van der Waals surface area (Å²) in [5.74, 6) is 0.